The summed E-state index contributed by atoms with van der Waals surface area (Å²) in [7, 11) is 0. The van der Waals surface area contributed by atoms with E-state index in [1.807, 2.05) is 24.3 Å². The maximum Gasteiger partial charge on any atom is 0.163 e. The molecule has 0 fully saturated rings. The van der Waals surface area contributed by atoms with Crippen molar-refractivity contribution in [3.63, 3.8) is 0 Å². The molecule has 0 radical (unpaired) electrons. The number of anilines is 1. The van der Waals surface area contributed by atoms with Gasteiger partial charge < -0.3 is 5.32 Å². The Morgan fingerprint density at radius 2 is 1.88 bits per heavy atom. The Morgan fingerprint density at radius 1 is 1.06 bits per heavy atom. The van der Waals surface area contributed by atoms with Crippen molar-refractivity contribution in [2.45, 2.75) is 6.42 Å². The lowest BCUT2D eigenvalue weighted by molar-refractivity contribution is 0.958. The maximum atomic E-state index is 8.58. The summed E-state index contributed by atoms with van der Waals surface area (Å²) >= 11 is 0. The number of nitrogens with zero attached hydrogens (tertiary/aromatic N) is 3. The van der Waals surface area contributed by atoms with Gasteiger partial charge in [0.15, 0.2) is 5.69 Å². The molecule has 0 atom stereocenters. The van der Waals surface area contributed by atoms with Crippen LogP contribution < -0.4 is 5.32 Å². The van der Waals surface area contributed by atoms with Crippen molar-refractivity contribution in [3.8, 4) is 6.07 Å². The quantitative estimate of drug-likeness (QED) is 0.862. The van der Waals surface area contributed by atoms with Crippen LogP contribution >= 0.6 is 0 Å². The number of rotatable bonds is 4. The number of hydrogen-bond acceptors (Lipinski definition) is 4. The summed E-state index contributed by atoms with van der Waals surface area (Å²) in [4.78, 5) is 0. The topological polar surface area (TPSA) is 61.6 Å². The van der Waals surface area contributed by atoms with E-state index in [0.29, 0.717) is 11.5 Å². The molecule has 84 valence electrons. The van der Waals surface area contributed by atoms with E-state index in [2.05, 4.69) is 27.6 Å². The molecule has 0 bridgehead atoms. The minimum absolute atomic E-state index is 0.332. The Labute approximate surface area is 99.9 Å². The summed E-state index contributed by atoms with van der Waals surface area (Å²) in [5, 5.41) is 19.4. The Morgan fingerprint density at radius 3 is 2.53 bits per heavy atom. The van der Waals surface area contributed by atoms with E-state index >= 15 is 0 Å². The van der Waals surface area contributed by atoms with Crippen LogP contribution in [0.5, 0.6) is 0 Å². The molecule has 1 aromatic heterocycles. The van der Waals surface area contributed by atoms with Crippen molar-refractivity contribution < 1.29 is 0 Å². The molecule has 0 saturated heterocycles. The molecule has 0 aliphatic heterocycles. The van der Waals surface area contributed by atoms with Crippen molar-refractivity contribution in [1.82, 2.24) is 10.2 Å². The summed E-state index contributed by atoms with van der Waals surface area (Å²) in [6.07, 6.45) is 0.933. The fourth-order valence-electron chi connectivity index (χ4n) is 1.47. The minimum atomic E-state index is 0.332. The third-order valence-electron chi connectivity index (χ3n) is 2.34. The van der Waals surface area contributed by atoms with E-state index in [-0.39, 0.29) is 0 Å². The molecule has 0 unspecified atom stereocenters. The van der Waals surface area contributed by atoms with E-state index in [1.54, 1.807) is 12.1 Å². The Bertz CT molecular complexity index is 499. The van der Waals surface area contributed by atoms with E-state index in [4.69, 9.17) is 5.26 Å². The molecule has 4 heteroatoms. The fraction of sp³-hybridized carbons (Fsp3) is 0.154. The zero-order valence-electron chi connectivity index (χ0n) is 9.30. The van der Waals surface area contributed by atoms with Gasteiger partial charge in [-0.15, -0.1) is 10.2 Å². The number of hydrogen-bond donors (Lipinski definition) is 1. The average molecular weight is 224 g/mol. The van der Waals surface area contributed by atoms with Crippen molar-refractivity contribution >= 4 is 5.82 Å². The van der Waals surface area contributed by atoms with Crippen LogP contribution in [0.3, 0.4) is 0 Å². The SMILES string of the molecule is N#Cc1ccc(NCCc2ccccc2)nn1. The lowest BCUT2D eigenvalue weighted by Gasteiger charge is -2.04. The third-order valence-corrected chi connectivity index (χ3v) is 2.34. The number of benzene rings is 1. The van der Waals surface area contributed by atoms with Crippen LogP contribution in [0.15, 0.2) is 42.5 Å². The highest BCUT2D eigenvalue weighted by Gasteiger charge is 1.96. The van der Waals surface area contributed by atoms with Gasteiger partial charge in [0.1, 0.15) is 11.9 Å². The van der Waals surface area contributed by atoms with Crippen LogP contribution in [0.4, 0.5) is 5.82 Å². The van der Waals surface area contributed by atoms with Crippen LogP contribution in [0.1, 0.15) is 11.3 Å². The van der Waals surface area contributed by atoms with Gasteiger partial charge in [-0.2, -0.15) is 5.26 Å². The van der Waals surface area contributed by atoms with Crippen molar-refractivity contribution in [3.05, 3.63) is 53.7 Å². The molecule has 0 aliphatic carbocycles. The highest BCUT2D eigenvalue weighted by molar-refractivity contribution is 5.35. The molecule has 1 heterocycles. The first-order chi connectivity index (χ1) is 8.38. The van der Waals surface area contributed by atoms with Gasteiger partial charge in [0.25, 0.3) is 0 Å². The second-order valence-corrected chi connectivity index (χ2v) is 3.58. The molecule has 1 aromatic carbocycles. The normalized spacial score (nSPS) is 9.59. The van der Waals surface area contributed by atoms with Crippen LogP contribution in [0.2, 0.25) is 0 Å². The third kappa shape index (κ3) is 3.28. The smallest absolute Gasteiger partial charge is 0.163 e. The van der Waals surface area contributed by atoms with Crippen molar-refractivity contribution in [2.24, 2.45) is 0 Å². The van der Waals surface area contributed by atoms with Crippen LogP contribution in [0, 0.1) is 11.3 Å². The largest absolute Gasteiger partial charge is 0.368 e. The number of aromatic nitrogens is 2. The summed E-state index contributed by atoms with van der Waals surface area (Å²) in [5.74, 6) is 0.694. The van der Waals surface area contributed by atoms with Gasteiger partial charge in [-0.1, -0.05) is 30.3 Å². The van der Waals surface area contributed by atoms with E-state index in [1.165, 1.54) is 5.56 Å². The lowest BCUT2D eigenvalue weighted by atomic mass is 10.1. The van der Waals surface area contributed by atoms with Gasteiger partial charge in [-0.25, -0.2) is 0 Å². The first kappa shape index (κ1) is 11.1. The second kappa shape index (κ2) is 5.61. The zero-order chi connectivity index (χ0) is 11.9. The van der Waals surface area contributed by atoms with E-state index in [9.17, 15) is 0 Å². The minimum Gasteiger partial charge on any atom is -0.368 e. The monoisotopic (exact) mass is 224 g/mol. The van der Waals surface area contributed by atoms with Gasteiger partial charge in [0.2, 0.25) is 0 Å². The van der Waals surface area contributed by atoms with Crippen molar-refractivity contribution in [1.29, 1.82) is 5.26 Å². The standard InChI is InChI=1S/C13H12N4/c14-10-12-6-7-13(17-16-12)15-9-8-11-4-2-1-3-5-11/h1-7H,8-9H2,(H,15,17). The zero-order valence-corrected chi connectivity index (χ0v) is 9.30. The fourth-order valence-corrected chi connectivity index (χ4v) is 1.47. The molecule has 0 aliphatic rings. The molecule has 2 aromatic rings. The Balaban J connectivity index is 1.84. The Kier molecular flexibility index (Phi) is 3.66. The summed E-state index contributed by atoms with van der Waals surface area (Å²) in [6, 6.07) is 15.6. The van der Waals surface area contributed by atoms with E-state index in [0.717, 1.165) is 13.0 Å². The highest BCUT2D eigenvalue weighted by atomic mass is 15.2. The van der Waals surface area contributed by atoms with Gasteiger partial charge >= 0.3 is 0 Å². The van der Waals surface area contributed by atoms with Gasteiger partial charge in [0.05, 0.1) is 0 Å². The highest BCUT2D eigenvalue weighted by Crippen LogP contribution is 2.03. The van der Waals surface area contributed by atoms with Gasteiger partial charge in [-0.05, 0) is 24.1 Å². The molecule has 0 spiro atoms. The van der Waals surface area contributed by atoms with Crippen LogP contribution in [-0.4, -0.2) is 16.7 Å². The molecule has 17 heavy (non-hydrogen) atoms. The molecule has 0 amide bonds. The van der Waals surface area contributed by atoms with Crippen LogP contribution in [-0.2, 0) is 6.42 Å². The molecular weight excluding hydrogens is 212 g/mol. The average Bonchev–Trinajstić information content (AvgIpc) is 2.41. The summed E-state index contributed by atoms with van der Waals surface area (Å²) in [5.41, 5.74) is 1.61. The maximum absolute atomic E-state index is 8.58. The van der Waals surface area contributed by atoms with Crippen molar-refractivity contribution in [2.75, 3.05) is 11.9 Å². The first-order valence-electron chi connectivity index (χ1n) is 5.40. The van der Waals surface area contributed by atoms with Gasteiger partial charge in [-0.3, -0.25) is 0 Å². The molecule has 4 nitrogen and oxygen atoms in total. The second-order valence-electron chi connectivity index (χ2n) is 3.58. The molecule has 1 N–H and O–H groups in total. The predicted octanol–water partition coefficient (Wildman–Crippen LogP) is 2.00. The number of nitrogens with one attached hydrogen (secondary N) is 1. The first-order valence-corrected chi connectivity index (χ1v) is 5.40. The lowest BCUT2D eigenvalue weighted by Crippen LogP contribution is -2.07. The predicted molar refractivity (Wildman–Crippen MR) is 65.4 cm³/mol. The number of nitriles is 1. The molecule has 2 rings (SSSR count). The van der Waals surface area contributed by atoms with Gasteiger partial charge in [0, 0.05) is 6.54 Å². The summed E-state index contributed by atoms with van der Waals surface area (Å²) < 4.78 is 0. The summed E-state index contributed by atoms with van der Waals surface area (Å²) in [6.45, 7) is 0.796. The Hall–Kier alpha value is -2.41. The van der Waals surface area contributed by atoms with Crippen LogP contribution in [0.25, 0.3) is 0 Å². The van der Waals surface area contributed by atoms with E-state index < -0.39 is 0 Å². The molecule has 0 saturated carbocycles. The molecular formula is C13H12N4.